The van der Waals surface area contributed by atoms with E-state index in [1.807, 2.05) is 24.3 Å². The maximum atomic E-state index is 12.1. The summed E-state index contributed by atoms with van der Waals surface area (Å²) in [4.78, 5) is 18.5. The van der Waals surface area contributed by atoms with Gasteiger partial charge in [0.05, 0.1) is 0 Å². The third-order valence-corrected chi connectivity index (χ3v) is 6.94. The quantitative estimate of drug-likeness (QED) is 0.630. The first-order chi connectivity index (χ1) is 12.0. The van der Waals surface area contributed by atoms with E-state index in [0.29, 0.717) is 5.01 Å². The van der Waals surface area contributed by atoms with Crippen LogP contribution >= 0.6 is 22.7 Å². The lowest BCUT2D eigenvalue weighted by atomic mass is 10.1. The molecule has 0 bridgehead atoms. The minimum Gasteiger partial charge on any atom is -0.272 e. The Labute approximate surface area is 153 Å². The lowest BCUT2D eigenvalue weighted by Gasteiger charge is -2.05. The maximum Gasteiger partial charge on any atom is 0.285 e. The van der Waals surface area contributed by atoms with Crippen LogP contribution in [0.4, 0.5) is 0 Å². The van der Waals surface area contributed by atoms with E-state index >= 15 is 0 Å². The van der Waals surface area contributed by atoms with E-state index in [1.54, 1.807) is 16.8 Å². The number of aromatic nitrogens is 1. The number of benzene rings is 1. The smallest absolute Gasteiger partial charge is 0.272 e. The van der Waals surface area contributed by atoms with E-state index in [0.717, 1.165) is 23.3 Å². The zero-order valence-electron chi connectivity index (χ0n) is 13.2. The van der Waals surface area contributed by atoms with Gasteiger partial charge < -0.3 is 0 Å². The molecule has 2 N–H and O–H groups in total. The number of amides is 1. The molecular weight excluding hydrogens is 378 g/mol. The van der Waals surface area contributed by atoms with Crippen LogP contribution in [-0.4, -0.2) is 19.3 Å². The molecule has 0 atom stereocenters. The van der Waals surface area contributed by atoms with Gasteiger partial charge in [-0.05, 0) is 23.4 Å². The minimum atomic E-state index is -3.76. The Morgan fingerprint density at radius 3 is 2.56 bits per heavy atom. The average Bonchev–Trinajstić information content (AvgIpc) is 3.31. The van der Waals surface area contributed by atoms with E-state index in [9.17, 15) is 13.2 Å². The summed E-state index contributed by atoms with van der Waals surface area (Å²) in [6, 6.07) is 11.0. The fourth-order valence-corrected chi connectivity index (χ4v) is 4.68. The molecule has 0 radical (unpaired) electrons. The highest BCUT2D eigenvalue weighted by molar-refractivity contribution is 7.91. The summed E-state index contributed by atoms with van der Waals surface area (Å²) in [6.07, 6.45) is 0.955. The maximum absolute atomic E-state index is 12.1. The second-order valence-corrected chi connectivity index (χ2v) is 8.80. The molecule has 130 valence electrons. The largest absolute Gasteiger partial charge is 0.285 e. The Hall–Kier alpha value is -2.07. The standard InChI is InChI=1S/C16H15N3O3S3/c1-2-11-5-7-12(8-6-11)16-17-13(10-24-16)15(20)18-19-25(21,22)14-4-3-9-23-14/h3-10,19H,2H2,1H3,(H,18,20). The van der Waals surface area contributed by atoms with Crippen molar-refractivity contribution in [3.8, 4) is 10.6 Å². The third-order valence-electron chi connectivity index (χ3n) is 3.40. The Morgan fingerprint density at radius 2 is 1.92 bits per heavy atom. The molecule has 0 aliphatic rings. The molecule has 6 nitrogen and oxygen atoms in total. The number of thiazole rings is 1. The van der Waals surface area contributed by atoms with Crippen molar-refractivity contribution in [2.75, 3.05) is 0 Å². The monoisotopic (exact) mass is 393 g/mol. The van der Waals surface area contributed by atoms with Crippen molar-refractivity contribution < 1.29 is 13.2 Å². The van der Waals surface area contributed by atoms with Gasteiger partial charge in [0.2, 0.25) is 0 Å². The molecule has 0 unspecified atom stereocenters. The van der Waals surface area contributed by atoms with Crippen LogP contribution in [0.2, 0.25) is 0 Å². The van der Waals surface area contributed by atoms with Crippen LogP contribution in [0.1, 0.15) is 23.0 Å². The zero-order chi connectivity index (χ0) is 17.9. The number of aryl methyl sites for hydroxylation is 1. The van der Waals surface area contributed by atoms with Gasteiger partial charge in [-0.15, -0.1) is 27.5 Å². The summed E-state index contributed by atoms with van der Waals surface area (Å²) in [5, 5.41) is 3.94. The van der Waals surface area contributed by atoms with Gasteiger partial charge in [-0.3, -0.25) is 10.2 Å². The summed E-state index contributed by atoms with van der Waals surface area (Å²) in [6.45, 7) is 2.08. The fourth-order valence-electron chi connectivity index (χ4n) is 2.04. The van der Waals surface area contributed by atoms with Crippen molar-refractivity contribution in [1.29, 1.82) is 0 Å². The van der Waals surface area contributed by atoms with Crippen molar-refractivity contribution in [3.05, 3.63) is 58.4 Å². The molecule has 1 amide bonds. The highest BCUT2D eigenvalue weighted by Gasteiger charge is 2.18. The molecule has 0 fully saturated rings. The Bertz CT molecular complexity index is 962. The van der Waals surface area contributed by atoms with Gasteiger partial charge in [-0.25, -0.2) is 13.4 Å². The first-order valence-electron chi connectivity index (χ1n) is 7.40. The van der Waals surface area contributed by atoms with Crippen LogP contribution in [0.5, 0.6) is 0 Å². The highest BCUT2D eigenvalue weighted by Crippen LogP contribution is 2.24. The Morgan fingerprint density at radius 1 is 1.16 bits per heavy atom. The van der Waals surface area contributed by atoms with E-state index in [-0.39, 0.29) is 9.90 Å². The summed E-state index contributed by atoms with van der Waals surface area (Å²) >= 11 is 2.39. The van der Waals surface area contributed by atoms with Crippen LogP contribution in [0.25, 0.3) is 10.6 Å². The number of hydrogen-bond donors (Lipinski definition) is 2. The van der Waals surface area contributed by atoms with E-state index < -0.39 is 15.9 Å². The minimum absolute atomic E-state index is 0.128. The van der Waals surface area contributed by atoms with Crippen molar-refractivity contribution in [1.82, 2.24) is 15.2 Å². The van der Waals surface area contributed by atoms with Gasteiger partial charge in [0.1, 0.15) is 14.9 Å². The van der Waals surface area contributed by atoms with E-state index in [4.69, 9.17) is 0 Å². The molecule has 0 aliphatic heterocycles. The number of carbonyl (C=O) groups is 1. The summed E-state index contributed by atoms with van der Waals surface area (Å²) in [5.41, 5.74) is 4.49. The van der Waals surface area contributed by atoms with Crippen LogP contribution in [0.15, 0.2) is 51.4 Å². The zero-order valence-corrected chi connectivity index (χ0v) is 15.7. The van der Waals surface area contributed by atoms with Crippen LogP contribution in [0.3, 0.4) is 0 Å². The summed E-state index contributed by atoms with van der Waals surface area (Å²) in [7, 11) is -3.76. The van der Waals surface area contributed by atoms with Crippen molar-refractivity contribution >= 4 is 38.6 Å². The van der Waals surface area contributed by atoms with Gasteiger partial charge in [0, 0.05) is 10.9 Å². The first kappa shape index (κ1) is 17.7. The van der Waals surface area contributed by atoms with Gasteiger partial charge >= 0.3 is 0 Å². The summed E-state index contributed by atoms with van der Waals surface area (Å²) < 4.78 is 24.1. The molecule has 9 heteroatoms. The molecule has 3 rings (SSSR count). The van der Waals surface area contributed by atoms with Crippen LogP contribution in [0, 0.1) is 0 Å². The van der Waals surface area contributed by atoms with Crippen molar-refractivity contribution in [2.24, 2.45) is 0 Å². The molecule has 0 aliphatic carbocycles. The van der Waals surface area contributed by atoms with Crippen LogP contribution in [-0.2, 0) is 16.4 Å². The van der Waals surface area contributed by atoms with E-state index in [2.05, 4.69) is 22.2 Å². The number of hydrogen-bond acceptors (Lipinski definition) is 6. The SMILES string of the molecule is CCc1ccc(-c2nc(C(=O)NNS(=O)(=O)c3cccs3)cs2)cc1. The average molecular weight is 394 g/mol. The van der Waals surface area contributed by atoms with Crippen LogP contribution < -0.4 is 10.3 Å². The second-order valence-electron chi connectivity index (χ2n) is 5.08. The molecule has 25 heavy (non-hydrogen) atoms. The third kappa shape index (κ3) is 4.13. The molecule has 1 aromatic carbocycles. The predicted molar refractivity (Wildman–Crippen MR) is 99.0 cm³/mol. The fraction of sp³-hybridized carbons (Fsp3) is 0.125. The highest BCUT2D eigenvalue weighted by atomic mass is 32.2. The number of carbonyl (C=O) groups excluding carboxylic acids is 1. The van der Waals surface area contributed by atoms with E-state index in [1.165, 1.54) is 23.0 Å². The summed E-state index contributed by atoms with van der Waals surface area (Å²) in [5.74, 6) is -0.604. The second kappa shape index (κ2) is 7.44. The predicted octanol–water partition coefficient (Wildman–Crippen LogP) is 3.06. The van der Waals surface area contributed by atoms with Gasteiger partial charge in [0.15, 0.2) is 0 Å². The molecule has 2 aromatic heterocycles. The number of thiophene rings is 1. The lowest BCUT2D eigenvalue weighted by molar-refractivity contribution is 0.0941. The number of nitrogens with zero attached hydrogens (tertiary/aromatic N) is 1. The molecular formula is C16H15N3O3S3. The van der Waals surface area contributed by atoms with Crippen molar-refractivity contribution in [3.63, 3.8) is 0 Å². The number of rotatable bonds is 6. The molecule has 2 heterocycles. The Balaban J connectivity index is 1.68. The normalized spacial score (nSPS) is 11.4. The Kier molecular flexibility index (Phi) is 5.28. The van der Waals surface area contributed by atoms with Gasteiger partial charge in [0.25, 0.3) is 15.9 Å². The molecule has 0 spiro atoms. The molecule has 0 saturated carbocycles. The van der Waals surface area contributed by atoms with Gasteiger partial charge in [-0.1, -0.05) is 37.3 Å². The number of sulfonamides is 1. The first-order valence-corrected chi connectivity index (χ1v) is 10.6. The topological polar surface area (TPSA) is 88.2 Å². The van der Waals surface area contributed by atoms with Gasteiger partial charge in [-0.2, -0.15) is 0 Å². The lowest BCUT2D eigenvalue weighted by Crippen LogP contribution is -2.41. The number of nitrogens with one attached hydrogen (secondary N) is 2. The number of hydrazine groups is 1. The molecule has 0 saturated heterocycles. The molecule has 3 aromatic rings. The van der Waals surface area contributed by atoms with Crippen molar-refractivity contribution in [2.45, 2.75) is 17.6 Å².